The zero-order valence-electron chi connectivity index (χ0n) is 10.9. The molecule has 2 aromatic heterocycles. The molecule has 0 aliphatic rings. The number of benzene rings is 1. The van der Waals surface area contributed by atoms with E-state index in [1.807, 2.05) is 18.5 Å². The fraction of sp³-hybridized carbons (Fsp3) is 0.188. The third-order valence-corrected chi connectivity index (χ3v) is 3.41. The van der Waals surface area contributed by atoms with Crippen LogP contribution in [-0.4, -0.2) is 9.97 Å². The molecular formula is C16H17N3. The molecule has 96 valence electrons. The van der Waals surface area contributed by atoms with Crippen molar-refractivity contribution in [1.82, 2.24) is 15.3 Å². The average Bonchev–Trinajstić information content (AvgIpc) is 2.93. The minimum Gasteiger partial charge on any atom is -0.361 e. The van der Waals surface area contributed by atoms with Crippen molar-refractivity contribution in [2.24, 2.45) is 0 Å². The summed E-state index contributed by atoms with van der Waals surface area (Å²) in [6.45, 7) is 3.02. The van der Waals surface area contributed by atoms with Crippen LogP contribution in [0.5, 0.6) is 0 Å². The van der Waals surface area contributed by atoms with Crippen LogP contribution in [0.4, 0.5) is 0 Å². The van der Waals surface area contributed by atoms with E-state index in [2.05, 4.69) is 52.5 Å². The van der Waals surface area contributed by atoms with Gasteiger partial charge in [0.15, 0.2) is 0 Å². The highest BCUT2D eigenvalue weighted by Crippen LogP contribution is 2.16. The molecule has 0 bridgehead atoms. The quantitative estimate of drug-likeness (QED) is 0.746. The van der Waals surface area contributed by atoms with Crippen LogP contribution in [0, 0.1) is 0 Å². The van der Waals surface area contributed by atoms with Crippen LogP contribution >= 0.6 is 0 Å². The standard InChI is InChI=1S/C16H17N3/c1-12(15-3-2-7-17-11-15)19-10-13-4-5-16-14(9-13)6-8-18-16/h2-9,11-12,18-19H,10H2,1H3/t12-/m1/s1. The lowest BCUT2D eigenvalue weighted by molar-refractivity contribution is 0.573. The Morgan fingerprint density at radius 2 is 2.21 bits per heavy atom. The Morgan fingerprint density at radius 1 is 1.26 bits per heavy atom. The SMILES string of the molecule is C[C@@H](NCc1ccc2[nH]ccc2c1)c1cccnc1. The van der Waals surface area contributed by atoms with Gasteiger partial charge in [-0.05, 0) is 47.7 Å². The second-order valence-electron chi connectivity index (χ2n) is 4.79. The smallest absolute Gasteiger partial charge is 0.0454 e. The van der Waals surface area contributed by atoms with Crippen LogP contribution in [0.2, 0.25) is 0 Å². The lowest BCUT2D eigenvalue weighted by atomic mass is 10.1. The number of fused-ring (bicyclic) bond motifs is 1. The molecular weight excluding hydrogens is 234 g/mol. The minimum atomic E-state index is 0.302. The van der Waals surface area contributed by atoms with Crippen molar-refractivity contribution in [3.05, 3.63) is 66.1 Å². The number of H-pyrrole nitrogens is 1. The van der Waals surface area contributed by atoms with Crippen molar-refractivity contribution in [3.63, 3.8) is 0 Å². The molecule has 2 N–H and O–H groups in total. The van der Waals surface area contributed by atoms with Crippen molar-refractivity contribution in [1.29, 1.82) is 0 Å². The number of aromatic nitrogens is 2. The molecule has 0 saturated heterocycles. The summed E-state index contributed by atoms with van der Waals surface area (Å²) in [6.07, 6.45) is 5.68. The Bertz CT molecular complexity index is 658. The molecule has 3 nitrogen and oxygen atoms in total. The van der Waals surface area contributed by atoms with Crippen molar-refractivity contribution in [3.8, 4) is 0 Å². The van der Waals surface area contributed by atoms with Gasteiger partial charge in [-0.15, -0.1) is 0 Å². The van der Waals surface area contributed by atoms with Crippen LogP contribution in [-0.2, 0) is 6.54 Å². The molecule has 3 aromatic rings. The van der Waals surface area contributed by atoms with Gasteiger partial charge in [0.1, 0.15) is 0 Å². The van der Waals surface area contributed by atoms with Crippen LogP contribution in [0.1, 0.15) is 24.1 Å². The molecule has 2 heterocycles. The summed E-state index contributed by atoms with van der Waals surface area (Å²) in [5.41, 5.74) is 3.69. The van der Waals surface area contributed by atoms with Gasteiger partial charge in [0.2, 0.25) is 0 Å². The molecule has 0 aliphatic heterocycles. The normalized spacial score (nSPS) is 12.7. The maximum atomic E-state index is 4.15. The Balaban J connectivity index is 1.68. The van der Waals surface area contributed by atoms with Gasteiger partial charge in [-0.1, -0.05) is 12.1 Å². The van der Waals surface area contributed by atoms with Gasteiger partial charge >= 0.3 is 0 Å². The van der Waals surface area contributed by atoms with Crippen LogP contribution in [0.15, 0.2) is 55.0 Å². The molecule has 3 heteroatoms. The third-order valence-electron chi connectivity index (χ3n) is 3.41. The van der Waals surface area contributed by atoms with E-state index in [-0.39, 0.29) is 0 Å². The maximum absolute atomic E-state index is 4.15. The van der Waals surface area contributed by atoms with Gasteiger partial charge in [-0.3, -0.25) is 4.98 Å². The number of nitrogens with zero attached hydrogens (tertiary/aromatic N) is 1. The van der Waals surface area contributed by atoms with Gasteiger partial charge in [-0.2, -0.15) is 0 Å². The fourth-order valence-electron chi connectivity index (χ4n) is 2.23. The number of pyridine rings is 1. The number of hydrogen-bond donors (Lipinski definition) is 2. The highest BCUT2D eigenvalue weighted by atomic mass is 14.9. The first-order chi connectivity index (χ1) is 9.33. The lowest BCUT2D eigenvalue weighted by Gasteiger charge is -2.13. The number of aromatic amines is 1. The number of nitrogens with one attached hydrogen (secondary N) is 2. The lowest BCUT2D eigenvalue weighted by Crippen LogP contribution is -2.18. The van der Waals surface area contributed by atoms with Crippen molar-refractivity contribution >= 4 is 10.9 Å². The topological polar surface area (TPSA) is 40.7 Å². The van der Waals surface area contributed by atoms with Crippen LogP contribution in [0.25, 0.3) is 10.9 Å². The fourth-order valence-corrected chi connectivity index (χ4v) is 2.23. The van der Waals surface area contributed by atoms with Gasteiger partial charge in [-0.25, -0.2) is 0 Å². The van der Waals surface area contributed by atoms with E-state index < -0.39 is 0 Å². The van der Waals surface area contributed by atoms with Gasteiger partial charge in [0.05, 0.1) is 0 Å². The first-order valence-electron chi connectivity index (χ1n) is 6.52. The monoisotopic (exact) mass is 251 g/mol. The Kier molecular flexibility index (Phi) is 3.29. The molecule has 0 spiro atoms. The largest absolute Gasteiger partial charge is 0.361 e. The van der Waals surface area contributed by atoms with E-state index >= 15 is 0 Å². The highest BCUT2D eigenvalue weighted by molar-refractivity contribution is 5.79. The summed E-state index contributed by atoms with van der Waals surface area (Å²) >= 11 is 0. The van der Waals surface area contributed by atoms with Gasteiger partial charge in [0, 0.05) is 36.7 Å². The van der Waals surface area contributed by atoms with Crippen LogP contribution in [0.3, 0.4) is 0 Å². The molecule has 1 aromatic carbocycles. The molecule has 0 radical (unpaired) electrons. The summed E-state index contributed by atoms with van der Waals surface area (Å²) in [6, 6.07) is 13.0. The van der Waals surface area contributed by atoms with Crippen LogP contribution < -0.4 is 5.32 Å². The van der Waals surface area contributed by atoms with Crippen molar-refractivity contribution in [2.45, 2.75) is 19.5 Å². The highest BCUT2D eigenvalue weighted by Gasteiger charge is 2.04. The number of rotatable bonds is 4. The molecule has 0 fully saturated rings. The molecule has 3 rings (SSSR count). The molecule has 0 aliphatic carbocycles. The molecule has 19 heavy (non-hydrogen) atoms. The van der Waals surface area contributed by atoms with Gasteiger partial charge < -0.3 is 10.3 Å². The Labute approximate surface area is 112 Å². The molecule has 1 atom stereocenters. The first kappa shape index (κ1) is 11.9. The Morgan fingerprint density at radius 3 is 3.05 bits per heavy atom. The molecule has 0 saturated carbocycles. The summed E-state index contributed by atoms with van der Waals surface area (Å²) < 4.78 is 0. The summed E-state index contributed by atoms with van der Waals surface area (Å²) in [7, 11) is 0. The predicted octanol–water partition coefficient (Wildman–Crippen LogP) is 3.41. The van der Waals surface area contributed by atoms with E-state index in [9.17, 15) is 0 Å². The second kappa shape index (κ2) is 5.24. The minimum absolute atomic E-state index is 0.302. The molecule has 0 amide bonds. The van der Waals surface area contributed by atoms with E-state index in [1.54, 1.807) is 6.20 Å². The maximum Gasteiger partial charge on any atom is 0.0454 e. The second-order valence-corrected chi connectivity index (χ2v) is 4.79. The zero-order chi connectivity index (χ0) is 13.1. The predicted molar refractivity (Wildman–Crippen MR) is 77.8 cm³/mol. The summed E-state index contributed by atoms with van der Waals surface area (Å²) in [4.78, 5) is 7.36. The van der Waals surface area contributed by atoms with E-state index in [0.717, 1.165) is 6.54 Å². The van der Waals surface area contributed by atoms with Crippen molar-refractivity contribution < 1.29 is 0 Å². The van der Waals surface area contributed by atoms with Crippen molar-refractivity contribution in [2.75, 3.05) is 0 Å². The molecule has 0 unspecified atom stereocenters. The summed E-state index contributed by atoms with van der Waals surface area (Å²) in [5, 5.41) is 4.78. The average molecular weight is 251 g/mol. The van der Waals surface area contributed by atoms with E-state index in [1.165, 1.54) is 22.0 Å². The third kappa shape index (κ3) is 2.66. The van der Waals surface area contributed by atoms with Gasteiger partial charge in [0.25, 0.3) is 0 Å². The van der Waals surface area contributed by atoms with E-state index in [0.29, 0.717) is 6.04 Å². The van der Waals surface area contributed by atoms with E-state index in [4.69, 9.17) is 0 Å². The zero-order valence-corrected chi connectivity index (χ0v) is 10.9. The number of hydrogen-bond acceptors (Lipinski definition) is 2. The first-order valence-corrected chi connectivity index (χ1v) is 6.52. The Hall–Kier alpha value is -2.13. The summed E-state index contributed by atoms with van der Waals surface area (Å²) in [5.74, 6) is 0.